The molecule has 6 nitrogen and oxygen atoms in total. The summed E-state index contributed by atoms with van der Waals surface area (Å²) in [6.45, 7) is 2.00. The molecule has 0 radical (unpaired) electrons. The summed E-state index contributed by atoms with van der Waals surface area (Å²) >= 11 is 0. The highest BCUT2D eigenvalue weighted by molar-refractivity contribution is 6.02. The number of carboxylic acid groups (broad SMARTS) is 1. The lowest BCUT2D eigenvalue weighted by Crippen LogP contribution is -2.50. The molecule has 1 atom stereocenters. The van der Waals surface area contributed by atoms with Gasteiger partial charge in [-0.2, -0.15) is 0 Å². The second-order valence-electron chi connectivity index (χ2n) is 5.07. The molecule has 0 bridgehead atoms. The summed E-state index contributed by atoms with van der Waals surface area (Å²) in [5.74, 6) is -2.35. The summed E-state index contributed by atoms with van der Waals surface area (Å²) < 4.78 is 18.8. The quantitative estimate of drug-likeness (QED) is 0.817. The van der Waals surface area contributed by atoms with Gasteiger partial charge >= 0.3 is 5.97 Å². The number of rotatable bonds is 4. The van der Waals surface area contributed by atoms with Crippen LogP contribution in [0.25, 0.3) is 0 Å². The Morgan fingerprint density at radius 3 is 2.71 bits per heavy atom. The standard InChI is InChI=1S/C14H17FN2O4/c1-9(11-10(15)3-2-6-16-11)17-12(18)14(13(19)20)4-7-21-8-5-14/h2-3,6,9H,4-5,7-8H2,1H3,(H,17,18)(H,19,20). The van der Waals surface area contributed by atoms with Crippen molar-refractivity contribution in [1.29, 1.82) is 0 Å². The molecule has 114 valence electrons. The van der Waals surface area contributed by atoms with Crippen molar-refractivity contribution in [1.82, 2.24) is 10.3 Å². The smallest absolute Gasteiger partial charge is 0.319 e. The molecule has 1 amide bonds. The van der Waals surface area contributed by atoms with Crippen molar-refractivity contribution < 1.29 is 23.8 Å². The Balaban J connectivity index is 2.16. The maximum atomic E-state index is 13.6. The Labute approximate surface area is 121 Å². The van der Waals surface area contributed by atoms with Gasteiger partial charge in [-0.1, -0.05) is 0 Å². The van der Waals surface area contributed by atoms with E-state index in [2.05, 4.69) is 10.3 Å². The molecule has 2 heterocycles. The molecule has 2 N–H and O–H groups in total. The van der Waals surface area contributed by atoms with Gasteiger partial charge in [0.15, 0.2) is 5.41 Å². The highest BCUT2D eigenvalue weighted by Crippen LogP contribution is 2.32. The van der Waals surface area contributed by atoms with Crippen LogP contribution in [-0.2, 0) is 14.3 Å². The summed E-state index contributed by atoms with van der Waals surface area (Å²) in [4.78, 5) is 27.7. The number of pyridine rings is 1. The number of nitrogens with one attached hydrogen (secondary N) is 1. The lowest BCUT2D eigenvalue weighted by Gasteiger charge is -2.32. The molecule has 1 aliphatic rings. The average molecular weight is 296 g/mol. The van der Waals surface area contributed by atoms with Crippen LogP contribution < -0.4 is 5.32 Å². The summed E-state index contributed by atoms with van der Waals surface area (Å²) in [5.41, 5.74) is -1.43. The van der Waals surface area contributed by atoms with Gasteiger partial charge in [-0.15, -0.1) is 0 Å². The number of carbonyl (C=O) groups is 2. The van der Waals surface area contributed by atoms with Gasteiger partial charge < -0.3 is 15.2 Å². The lowest BCUT2D eigenvalue weighted by atomic mass is 9.79. The number of aromatic nitrogens is 1. The Morgan fingerprint density at radius 1 is 1.48 bits per heavy atom. The molecule has 0 aromatic carbocycles. The molecule has 0 aliphatic carbocycles. The number of carbonyl (C=O) groups excluding carboxylic acids is 1. The van der Waals surface area contributed by atoms with E-state index in [1.54, 1.807) is 6.92 Å². The fourth-order valence-electron chi connectivity index (χ4n) is 2.38. The first-order valence-corrected chi connectivity index (χ1v) is 6.70. The maximum absolute atomic E-state index is 13.6. The van der Waals surface area contributed by atoms with Crippen LogP contribution in [0.4, 0.5) is 4.39 Å². The Morgan fingerprint density at radius 2 is 2.14 bits per heavy atom. The topological polar surface area (TPSA) is 88.5 Å². The predicted octanol–water partition coefficient (Wildman–Crippen LogP) is 1.28. The van der Waals surface area contributed by atoms with Crippen LogP contribution in [0.2, 0.25) is 0 Å². The molecule has 0 spiro atoms. The van der Waals surface area contributed by atoms with Crippen LogP contribution in [0.1, 0.15) is 31.5 Å². The maximum Gasteiger partial charge on any atom is 0.319 e. The van der Waals surface area contributed by atoms with Crippen molar-refractivity contribution in [3.63, 3.8) is 0 Å². The molecule has 1 aliphatic heterocycles. The third-order valence-corrected chi connectivity index (χ3v) is 3.74. The zero-order chi connectivity index (χ0) is 15.5. The van der Waals surface area contributed by atoms with Crippen LogP contribution in [0.15, 0.2) is 18.3 Å². The third kappa shape index (κ3) is 3.02. The molecule has 1 aromatic rings. The number of ether oxygens (including phenoxy) is 1. The van der Waals surface area contributed by atoms with E-state index in [1.165, 1.54) is 18.3 Å². The molecule has 21 heavy (non-hydrogen) atoms. The molecule has 1 fully saturated rings. The van der Waals surface area contributed by atoms with E-state index in [0.29, 0.717) is 0 Å². The first kappa shape index (κ1) is 15.4. The number of aliphatic carboxylic acids is 1. The molecular weight excluding hydrogens is 279 g/mol. The summed E-state index contributed by atoms with van der Waals surface area (Å²) in [5, 5.41) is 11.9. The monoisotopic (exact) mass is 296 g/mol. The van der Waals surface area contributed by atoms with Crippen molar-refractivity contribution in [2.45, 2.75) is 25.8 Å². The molecule has 1 aromatic heterocycles. The lowest BCUT2D eigenvalue weighted by molar-refractivity contribution is -0.162. The highest BCUT2D eigenvalue weighted by atomic mass is 19.1. The second-order valence-corrected chi connectivity index (χ2v) is 5.07. The Kier molecular flexibility index (Phi) is 4.52. The van der Waals surface area contributed by atoms with Crippen molar-refractivity contribution in [3.05, 3.63) is 29.8 Å². The number of amides is 1. The first-order valence-electron chi connectivity index (χ1n) is 6.70. The van der Waals surface area contributed by atoms with E-state index in [4.69, 9.17) is 4.74 Å². The van der Waals surface area contributed by atoms with Gasteiger partial charge in [-0.3, -0.25) is 14.6 Å². The van der Waals surface area contributed by atoms with Gasteiger partial charge in [0, 0.05) is 19.4 Å². The summed E-state index contributed by atoms with van der Waals surface area (Å²) in [7, 11) is 0. The molecule has 1 saturated heterocycles. The molecule has 1 unspecified atom stereocenters. The van der Waals surface area contributed by atoms with Crippen molar-refractivity contribution in [2.24, 2.45) is 5.41 Å². The van der Waals surface area contributed by atoms with Crippen LogP contribution in [0, 0.1) is 11.2 Å². The predicted molar refractivity (Wildman–Crippen MR) is 70.9 cm³/mol. The van der Waals surface area contributed by atoms with E-state index in [1.807, 2.05) is 0 Å². The molecule has 0 saturated carbocycles. The SMILES string of the molecule is CC(NC(=O)C1(C(=O)O)CCOCC1)c1ncccc1F. The van der Waals surface area contributed by atoms with Crippen LogP contribution >= 0.6 is 0 Å². The summed E-state index contributed by atoms with van der Waals surface area (Å²) in [6, 6.07) is 1.98. The van der Waals surface area contributed by atoms with E-state index in [-0.39, 0.29) is 31.7 Å². The van der Waals surface area contributed by atoms with Gasteiger partial charge in [0.1, 0.15) is 5.82 Å². The fraction of sp³-hybridized carbons (Fsp3) is 0.500. The van der Waals surface area contributed by atoms with Crippen LogP contribution in [0.3, 0.4) is 0 Å². The van der Waals surface area contributed by atoms with Gasteiger partial charge in [0.25, 0.3) is 0 Å². The summed E-state index contributed by atoms with van der Waals surface area (Å²) in [6.07, 6.45) is 1.62. The minimum Gasteiger partial charge on any atom is -0.480 e. The third-order valence-electron chi connectivity index (χ3n) is 3.74. The zero-order valence-corrected chi connectivity index (χ0v) is 11.6. The average Bonchev–Trinajstić information content (AvgIpc) is 2.48. The van der Waals surface area contributed by atoms with Gasteiger partial charge in [0.05, 0.1) is 11.7 Å². The number of hydrogen-bond acceptors (Lipinski definition) is 4. The number of carboxylic acids is 1. The fourth-order valence-corrected chi connectivity index (χ4v) is 2.38. The zero-order valence-electron chi connectivity index (χ0n) is 11.6. The van der Waals surface area contributed by atoms with Crippen LogP contribution in [0.5, 0.6) is 0 Å². The van der Waals surface area contributed by atoms with E-state index in [0.717, 1.165) is 0 Å². The minimum absolute atomic E-state index is 0.0819. The Bertz CT molecular complexity index is 544. The normalized spacial score (nSPS) is 18.8. The van der Waals surface area contributed by atoms with Crippen molar-refractivity contribution >= 4 is 11.9 Å². The second kappa shape index (κ2) is 6.17. The molecular formula is C14H17FN2O4. The first-order chi connectivity index (χ1) is 9.97. The largest absolute Gasteiger partial charge is 0.480 e. The van der Waals surface area contributed by atoms with Gasteiger partial charge in [-0.05, 0) is 31.9 Å². The van der Waals surface area contributed by atoms with Gasteiger partial charge in [-0.25, -0.2) is 4.39 Å². The highest BCUT2D eigenvalue weighted by Gasteiger charge is 2.47. The van der Waals surface area contributed by atoms with E-state index < -0.39 is 29.2 Å². The number of nitrogens with zero attached hydrogens (tertiary/aromatic N) is 1. The molecule has 7 heteroatoms. The van der Waals surface area contributed by atoms with Crippen molar-refractivity contribution in [2.75, 3.05) is 13.2 Å². The van der Waals surface area contributed by atoms with E-state index >= 15 is 0 Å². The van der Waals surface area contributed by atoms with E-state index in [9.17, 15) is 19.1 Å². The number of hydrogen-bond donors (Lipinski definition) is 2. The van der Waals surface area contributed by atoms with Crippen LogP contribution in [-0.4, -0.2) is 35.2 Å². The van der Waals surface area contributed by atoms with Crippen molar-refractivity contribution in [3.8, 4) is 0 Å². The number of halogens is 1. The minimum atomic E-state index is -1.52. The van der Waals surface area contributed by atoms with Gasteiger partial charge in [0.2, 0.25) is 5.91 Å². The Hall–Kier alpha value is -2.02. The molecule has 2 rings (SSSR count).